The van der Waals surface area contributed by atoms with Gasteiger partial charge in [-0.2, -0.15) is 0 Å². The number of para-hydroxylation sites is 2. The van der Waals surface area contributed by atoms with Gasteiger partial charge in [0.15, 0.2) is 0 Å². The van der Waals surface area contributed by atoms with Gasteiger partial charge in [0, 0.05) is 31.2 Å². The molecule has 9 aromatic rings. The zero-order chi connectivity index (χ0) is 48.0. The Bertz CT molecular complexity index is 3320. The van der Waals surface area contributed by atoms with Crippen molar-refractivity contribution in [3.63, 3.8) is 0 Å². The van der Waals surface area contributed by atoms with Crippen LogP contribution in [0.4, 0.5) is 0 Å². The van der Waals surface area contributed by atoms with Crippen LogP contribution in [0.15, 0.2) is 176 Å². The zero-order valence-corrected chi connectivity index (χ0v) is 39.6. The minimum Gasteiger partial charge on any atom is -0.507 e. The quantitative estimate of drug-likeness (QED) is 0.141. The Morgan fingerprint density at radius 1 is 0.544 bits per heavy atom. The van der Waals surface area contributed by atoms with E-state index in [4.69, 9.17) is 12.7 Å². The molecule has 4 heteroatoms. The molecule has 2 aliphatic carbocycles. The van der Waals surface area contributed by atoms with Gasteiger partial charge in [0.25, 0.3) is 0 Å². The maximum Gasteiger partial charge on any atom is 0.149 e. The number of hydrogen-bond acceptors (Lipinski definition) is 3. The molecule has 11 rings (SSSR count). The number of aromatic hydroxyl groups is 1. The van der Waals surface area contributed by atoms with Crippen molar-refractivity contribution in [2.45, 2.75) is 90.3 Å². The molecule has 2 heterocycles. The van der Waals surface area contributed by atoms with Crippen molar-refractivity contribution >= 4 is 11.0 Å². The predicted octanol–water partition coefficient (Wildman–Crippen LogP) is 16.9. The Balaban J connectivity index is 1.08. The Kier molecular flexibility index (Phi) is 11.2. The summed E-state index contributed by atoms with van der Waals surface area (Å²) in [6.07, 6.45) is 10.9. The third kappa shape index (κ3) is 8.81. The third-order valence-electron chi connectivity index (χ3n) is 14.5. The van der Waals surface area contributed by atoms with E-state index in [1.165, 1.54) is 36.8 Å². The first-order valence-corrected chi connectivity index (χ1v) is 24.8. The molecular weight excluding hydrogens is 827 g/mol. The minimum absolute atomic E-state index is 0.0728. The average molecular weight is 890 g/mol. The molecular formula is C64H61N3O. The zero-order valence-electron chi connectivity index (χ0n) is 41.6. The standard InChI is InChI=1S/C64H61N3O/c1-64(2,3)53-40-51(39-52(41-53)58-42-50(34-35-65-58)47-31-28-45(29-32-47)36-43-16-10-11-17-43)54-24-15-27-60-61(54)66-63(56-26-14-25-55(62(56)68)48-20-6-4-7-21-48)67(60)59-33-30-46(37-44-18-12-13-19-44)38-57(59)49-22-8-5-9-23-49/h4-9,14-15,20-35,38-44,68H,10-13,16-19,36-37H2,1-3H3/i36D2. The number of benzene rings is 7. The molecule has 0 bridgehead atoms. The SMILES string of the molecule is [2H]C([2H])(c1ccc(-c2ccnc(-c3cc(-c4cccc5c4nc(-c4cccc(-c6ccccc6)c4O)n5-c4ccc(CC5CCCC5)cc4-c4ccccc4)cc(C(C)(C)C)c3)c2)cc1)C1CCCC1. The third-order valence-corrected chi connectivity index (χ3v) is 14.5. The van der Waals surface area contributed by atoms with Crippen LogP contribution in [-0.2, 0) is 18.2 Å². The molecule has 2 saturated carbocycles. The van der Waals surface area contributed by atoms with Crippen LogP contribution in [0.3, 0.4) is 0 Å². The van der Waals surface area contributed by atoms with Crippen LogP contribution in [0, 0.1) is 11.8 Å². The molecule has 0 aliphatic heterocycles. The second-order valence-corrected chi connectivity index (χ2v) is 20.3. The number of aromatic nitrogens is 3. The summed E-state index contributed by atoms with van der Waals surface area (Å²) in [4.78, 5) is 10.6. The number of hydrogen-bond donors (Lipinski definition) is 1. The Hall–Kier alpha value is -7.04. The van der Waals surface area contributed by atoms with Gasteiger partial charge < -0.3 is 5.11 Å². The highest BCUT2D eigenvalue weighted by molar-refractivity contribution is 5.98. The normalized spacial score (nSPS) is 15.2. The average Bonchev–Trinajstić information content (AvgIpc) is 4.20. The van der Waals surface area contributed by atoms with Gasteiger partial charge in [0.1, 0.15) is 11.6 Å². The second-order valence-electron chi connectivity index (χ2n) is 20.3. The first-order valence-electron chi connectivity index (χ1n) is 25.8. The molecule has 1 N–H and O–H groups in total. The molecule has 338 valence electrons. The highest BCUT2D eigenvalue weighted by atomic mass is 16.3. The van der Waals surface area contributed by atoms with E-state index >= 15 is 0 Å². The van der Waals surface area contributed by atoms with Gasteiger partial charge in [-0.3, -0.25) is 9.55 Å². The van der Waals surface area contributed by atoms with E-state index in [0.717, 1.165) is 110 Å². The van der Waals surface area contributed by atoms with Gasteiger partial charge >= 0.3 is 0 Å². The van der Waals surface area contributed by atoms with E-state index in [1.54, 1.807) is 0 Å². The van der Waals surface area contributed by atoms with Crippen LogP contribution in [0.1, 0.15) is 91.6 Å². The van der Waals surface area contributed by atoms with Crippen LogP contribution < -0.4 is 0 Å². The van der Waals surface area contributed by atoms with Gasteiger partial charge in [-0.1, -0.05) is 193 Å². The molecule has 2 aromatic heterocycles. The van der Waals surface area contributed by atoms with Crippen molar-refractivity contribution in [2.75, 3.05) is 0 Å². The molecule has 7 aromatic carbocycles. The lowest BCUT2D eigenvalue weighted by Crippen LogP contribution is -2.11. The molecule has 0 saturated heterocycles. The maximum atomic E-state index is 12.4. The lowest BCUT2D eigenvalue weighted by atomic mass is 9.83. The van der Waals surface area contributed by atoms with E-state index in [1.807, 2.05) is 72.9 Å². The van der Waals surface area contributed by atoms with Gasteiger partial charge in [0.05, 0.1) is 28.0 Å². The fourth-order valence-electron chi connectivity index (χ4n) is 10.8. The number of phenolic OH excluding ortho intramolecular Hbond substituents is 1. The number of imidazole rings is 1. The van der Waals surface area contributed by atoms with Gasteiger partial charge in [-0.05, 0) is 123 Å². The molecule has 2 fully saturated rings. The maximum absolute atomic E-state index is 12.4. The molecule has 0 spiro atoms. The van der Waals surface area contributed by atoms with Crippen molar-refractivity contribution in [3.8, 4) is 78.6 Å². The predicted molar refractivity (Wildman–Crippen MR) is 283 cm³/mol. The molecule has 0 unspecified atom stereocenters. The van der Waals surface area contributed by atoms with Crippen molar-refractivity contribution in [1.29, 1.82) is 0 Å². The van der Waals surface area contributed by atoms with E-state index in [9.17, 15) is 5.11 Å². The number of phenols is 1. The van der Waals surface area contributed by atoms with Crippen molar-refractivity contribution in [2.24, 2.45) is 11.8 Å². The van der Waals surface area contributed by atoms with Gasteiger partial charge in [0.2, 0.25) is 0 Å². The first-order chi connectivity index (χ1) is 34.0. The number of nitrogens with zero attached hydrogens (tertiary/aromatic N) is 3. The fourth-order valence-corrected chi connectivity index (χ4v) is 10.8. The minimum atomic E-state index is -1.34. The first kappa shape index (κ1) is 41.2. The van der Waals surface area contributed by atoms with Crippen molar-refractivity contribution in [3.05, 3.63) is 193 Å². The summed E-state index contributed by atoms with van der Waals surface area (Å²) in [5.74, 6) is 1.64. The summed E-state index contributed by atoms with van der Waals surface area (Å²) in [7, 11) is 0. The fraction of sp³-hybridized carbons (Fsp3) is 0.250. The summed E-state index contributed by atoms with van der Waals surface area (Å²) in [5, 5.41) is 12.4. The van der Waals surface area contributed by atoms with Crippen LogP contribution in [0.25, 0.3) is 83.9 Å². The van der Waals surface area contributed by atoms with E-state index in [2.05, 4.69) is 128 Å². The van der Waals surface area contributed by atoms with Gasteiger partial charge in [-0.25, -0.2) is 4.98 Å². The Morgan fingerprint density at radius 2 is 1.18 bits per heavy atom. The highest BCUT2D eigenvalue weighted by Crippen LogP contribution is 2.44. The summed E-state index contributed by atoms with van der Waals surface area (Å²) < 4.78 is 20.2. The van der Waals surface area contributed by atoms with Crippen LogP contribution in [-0.4, -0.2) is 19.6 Å². The molecule has 0 amide bonds. The number of rotatable bonds is 11. The smallest absolute Gasteiger partial charge is 0.149 e. The summed E-state index contributed by atoms with van der Waals surface area (Å²) in [6.45, 7) is 6.76. The molecule has 68 heavy (non-hydrogen) atoms. The largest absolute Gasteiger partial charge is 0.507 e. The second kappa shape index (κ2) is 18.6. The Morgan fingerprint density at radius 3 is 1.90 bits per heavy atom. The molecule has 0 radical (unpaired) electrons. The summed E-state index contributed by atoms with van der Waals surface area (Å²) in [5.41, 5.74) is 16.5. The van der Waals surface area contributed by atoms with E-state index in [0.29, 0.717) is 17.3 Å². The summed E-state index contributed by atoms with van der Waals surface area (Å²) in [6, 6.07) is 59.3. The Labute approximate surface area is 405 Å². The monoisotopic (exact) mass is 889 g/mol. The molecule has 2 aliphatic rings. The van der Waals surface area contributed by atoms with Crippen LogP contribution in [0.5, 0.6) is 5.75 Å². The lowest BCUT2D eigenvalue weighted by molar-refractivity contribution is 0.479. The van der Waals surface area contributed by atoms with E-state index < -0.39 is 6.37 Å². The topological polar surface area (TPSA) is 50.9 Å². The number of pyridine rings is 1. The van der Waals surface area contributed by atoms with Gasteiger partial charge in [-0.15, -0.1) is 0 Å². The highest BCUT2D eigenvalue weighted by Gasteiger charge is 2.26. The lowest BCUT2D eigenvalue weighted by Gasteiger charge is -2.22. The summed E-state index contributed by atoms with van der Waals surface area (Å²) >= 11 is 0. The van der Waals surface area contributed by atoms with Crippen LogP contribution in [0.2, 0.25) is 0 Å². The van der Waals surface area contributed by atoms with Crippen molar-refractivity contribution < 1.29 is 7.85 Å². The molecule has 4 nitrogen and oxygen atoms in total. The van der Waals surface area contributed by atoms with Crippen LogP contribution >= 0.6 is 0 Å². The molecule has 0 atom stereocenters. The number of fused-ring (bicyclic) bond motifs is 1. The van der Waals surface area contributed by atoms with Crippen molar-refractivity contribution in [1.82, 2.24) is 14.5 Å². The van der Waals surface area contributed by atoms with E-state index in [-0.39, 0.29) is 17.1 Å².